The van der Waals surface area contributed by atoms with Crippen LogP contribution in [0.5, 0.6) is 0 Å². The fraction of sp³-hybridized carbons (Fsp3) is 0.286. The summed E-state index contributed by atoms with van der Waals surface area (Å²) in [6.07, 6.45) is 8.30. The molecule has 1 aliphatic carbocycles. The molecule has 0 fully saturated rings. The molecule has 1 aromatic carbocycles. The highest BCUT2D eigenvalue weighted by molar-refractivity contribution is 5.16. The molecule has 1 atom stereocenters. The van der Waals surface area contributed by atoms with E-state index in [9.17, 15) is 5.11 Å². The zero-order valence-corrected chi connectivity index (χ0v) is 9.35. The normalized spacial score (nSPS) is 23.1. The van der Waals surface area contributed by atoms with Crippen LogP contribution < -0.4 is 0 Å². The van der Waals surface area contributed by atoms with Crippen LogP contribution in [0.2, 0.25) is 0 Å². The van der Waals surface area contributed by atoms with Gasteiger partial charge in [0, 0.05) is 0 Å². The van der Waals surface area contributed by atoms with Gasteiger partial charge < -0.3 is 5.11 Å². The number of rotatable bonds is 0. The number of benzene rings is 1. The van der Waals surface area contributed by atoms with E-state index in [1.165, 1.54) is 5.56 Å². The van der Waals surface area contributed by atoms with Crippen molar-refractivity contribution in [1.82, 2.24) is 0 Å². The van der Waals surface area contributed by atoms with Crippen molar-refractivity contribution in [2.75, 3.05) is 0 Å². The lowest BCUT2D eigenvalue weighted by atomic mass is 9.98. The highest BCUT2D eigenvalue weighted by Crippen LogP contribution is 2.14. The van der Waals surface area contributed by atoms with E-state index in [1.54, 1.807) is 13.0 Å². The Bertz CT molecular complexity index is 334. The van der Waals surface area contributed by atoms with E-state index in [-0.39, 0.29) is 0 Å². The van der Waals surface area contributed by atoms with E-state index >= 15 is 0 Å². The summed E-state index contributed by atoms with van der Waals surface area (Å²) in [4.78, 5) is 0. The minimum Gasteiger partial charge on any atom is -0.386 e. The summed E-state index contributed by atoms with van der Waals surface area (Å²) in [6, 6.07) is 10.3. The highest BCUT2D eigenvalue weighted by atomic mass is 16.3. The van der Waals surface area contributed by atoms with Gasteiger partial charge in [-0.1, -0.05) is 60.2 Å². The molecular formula is C14H18O. The Hall–Kier alpha value is -1.34. The predicted molar refractivity (Wildman–Crippen MR) is 64.7 cm³/mol. The molecule has 0 saturated heterocycles. The maximum atomic E-state index is 9.24. The Morgan fingerprint density at radius 3 is 2.07 bits per heavy atom. The fourth-order valence-corrected chi connectivity index (χ4v) is 1.25. The smallest absolute Gasteiger partial charge is 0.0837 e. The Kier molecular flexibility index (Phi) is 4.32. The molecule has 1 N–H and O–H groups in total. The molecule has 1 heteroatoms. The lowest BCUT2D eigenvalue weighted by Gasteiger charge is -2.17. The zero-order chi connectivity index (χ0) is 11.1. The molecule has 0 heterocycles. The van der Waals surface area contributed by atoms with Crippen molar-refractivity contribution in [2.24, 2.45) is 0 Å². The topological polar surface area (TPSA) is 20.2 Å². The van der Waals surface area contributed by atoms with Gasteiger partial charge in [-0.2, -0.15) is 0 Å². The predicted octanol–water partition coefficient (Wildman–Crippen LogP) is 3.25. The van der Waals surface area contributed by atoms with Crippen molar-refractivity contribution in [2.45, 2.75) is 25.9 Å². The second-order valence-corrected chi connectivity index (χ2v) is 4.00. The average molecular weight is 202 g/mol. The molecule has 1 nitrogen and oxygen atoms in total. The second kappa shape index (κ2) is 5.52. The fourth-order valence-electron chi connectivity index (χ4n) is 1.25. The van der Waals surface area contributed by atoms with Crippen LogP contribution in [0, 0.1) is 6.92 Å². The van der Waals surface area contributed by atoms with Gasteiger partial charge in [-0.05, 0) is 20.3 Å². The molecule has 1 unspecified atom stereocenters. The molecule has 1 aromatic rings. The summed E-state index contributed by atoms with van der Waals surface area (Å²) in [7, 11) is 0. The van der Waals surface area contributed by atoms with Crippen LogP contribution in [0.4, 0.5) is 0 Å². The van der Waals surface area contributed by atoms with Crippen LogP contribution in [-0.2, 0) is 0 Å². The van der Waals surface area contributed by atoms with Crippen molar-refractivity contribution in [3.63, 3.8) is 0 Å². The maximum absolute atomic E-state index is 9.24. The van der Waals surface area contributed by atoms with Crippen molar-refractivity contribution >= 4 is 0 Å². The van der Waals surface area contributed by atoms with Crippen LogP contribution in [0.25, 0.3) is 0 Å². The van der Waals surface area contributed by atoms with E-state index in [4.69, 9.17) is 0 Å². The van der Waals surface area contributed by atoms with Gasteiger partial charge in [0.2, 0.25) is 0 Å². The number of aryl methyl sites for hydroxylation is 1. The monoisotopic (exact) mass is 202 g/mol. The van der Waals surface area contributed by atoms with Gasteiger partial charge in [-0.15, -0.1) is 0 Å². The molecule has 0 amide bonds. The molecular weight excluding hydrogens is 184 g/mol. The third-order valence-electron chi connectivity index (χ3n) is 2.17. The van der Waals surface area contributed by atoms with E-state index < -0.39 is 5.60 Å². The molecule has 2 rings (SSSR count). The van der Waals surface area contributed by atoms with Crippen LogP contribution in [0.3, 0.4) is 0 Å². The van der Waals surface area contributed by atoms with Gasteiger partial charge in [0.05, 0.1) is 5.60 Å². The van der Waals surface area contributed by atoms with E-state index in [1.807, 2.05) is 36.4 Å². The number of allylic oxidation sites excluding steroid dienone is 2. The largest absolute Gasteiger partial charge is 0.386 e. The van der Waals surface area contributed by atoms with E-state index in [0.29, 0.717) is 0 Å². The van der Waals surface area contributed by atoms with Crippen molar-refractivity contribution < 1.29 is 5.11 Å². The van der Waals surface area contributed by atoms with Gasteiger partial charge in [0.1, 0.15) is 0 Å². The Morgan fingerprint density at radius 2 is 1.80 bits per heavy atom. The molecule has 0 bridgehead atoms. The van der Waals surface area contributed by atoms with Crippen LogP contribution >= 0.6 is 0 Å². The highest BCUT2D eigenvalue weighted by Gasteiger charge is 2.14. The molecule has 15 heavy (non-hydrogen) atoms. The lowest BCUT2D eigenvalue weighted by Crippen LogP contribution is -2.20. The average Bonchev–Trinajstić information content (AvgIpc) is 2.19. The molecule has 0 saturated carbocycles. The maximum Gasteiger partial charge on any atom is 0.0837 e. The van der Waals surface area contributed by atoms with Gasteiger partial charge >= 0.3 is 0 Å². The first-order valence-corrected chi connectivity index (χ1v) is 5.18. The van der Waals surface area contributed by atoms with Gasteiger partial charge in [-0.25, -0.2) is 0 Å². The standard InChI is InChI=1S/C7H10O.C7H8/c1-7(8)5-3-2-4-6-7;1-7-5-3-2-4-6-7/h2-5,8H,6H2,1H3;2-6H,1H3. The third kappa shape index (κ3) is 5.18. The number of aliphatic hydroxyl groups is 1. The number of hydrogen-bond donors (Lipinski definition) is 1. The SMILES string of the molecule is CC1(O)C=CC=CC1.Cc1ccccc1. The minimum atomic E-state index is -0.589. The first-order valence-electron chi connectivity index (χ1n) is 5.18. The van der Waals surface area contributed by atoms with Crippen molar-refractivity contribution in [3.05, 3.63) is 60.2 Å². The second-order valence-electron chi connectivity index (χ2n) is 4.00. The zero-order valence-electron chi connectivity index (χ0n) is 9.35. The molecule has 0 aliphatic heterocycles. The summed E-state index contributed by atoms with van der Waals surface area (Å²) in [5.74, 6) is 0. The van der Waals surface area contributed by atoms with Gasteiger partial charge in [0.15, 0.2) is 0 Å². The number of hydrogen-bond acceptors (Lipinski definition) is 1. The van der Waals surface area contributed by atoms with E-state index in [0.717, 1.165) is 6.42 Å². The van der Waals surface area contributed by atoms with Crippen molar-refractivity contribution in [1.29, 1.82) is 0 Å². The van der Waals surface area contributed by atoms with Crippen LogP contribution in [0.15, 0.2) is 54.6 Å². The third-order valence-corrected chi connectivity index (χ3v) is 2.17. The lowest BCUT2D eigenvalue weighted by molar-refractivity contribution is 0.114. The van der Waals surface area contributed by atoms with Gasteiger partial charge in [-0.3, -0.25) is 0 Å². The first-order chi connectivity index (χ1) is 7.10. The van der Waals surface area contributed by atoms with Gasteiger partial charge in [0.25, 0.3) is 0 Å². The summed E-state index contributed by atoms with van der Waals surface area (Å²) in [6.45, 7) is 3.88. The molecule has 0 aromatic heterocycles. The molecule has 1 aliphatic rings. The first kappa shape index (κ1) is 11.7. The summed E-state index contributed by atoms with van der Waals surface area (Å²) < 4.78 is 0. The Balaban J connectivity index is 0.000000151. The quantitative estimate of drug-likeness (QED) is 0.684. The molecule has 80 valence electrons. The Labute approximate surface area is 91.8 Å². The molecule has 0 spiro atoms. The van der Waals surface area contributed by atoms with E-state index in [2.05, 4.69) is 19.1 Å². The summed E-state index contributed by atoms with van der Waals surface area (Å²) in [5.41, 5.74) is 0.733. The van der Waals surface area contributed by atoms with Crippen LogP contribution in [-0.4, -0.2) is 10.7 Å². The Morgan fingerprint density at radius 1 is 1.13 bits per heavy atom. The summed E-state index contributed by atoms with van der Waals surface area (Å²) >= 11 is 0. The summed E-state index contributed by atoms with van der Waals surface area (Å²) in [5, 5.41) is 9.24. The molecule has 0 radical (unpaired) electrons. The van der Waals surface area contributed by atoms with Crippen molar-refractivity contribution in [3.8, 4) is 0 Å². The van der Waals surface area contributed by atoms with Crippen LogP contribution in [0.1, 0.15) is 18.9 Å². The minimum absolute atomic E-state index is 0.589.